The lowest BCUT2D eigenvalue weighted by molar-refractivity contribution is 0.340. The molecule has 0 aliphatic carbocycles. The zero-order chi connectivity index (χ0) is 17.8. The Labute approximate surface area is 146 Å². The van der Waals surface area contributed by atoms with Crippen LogP contribution in [-0.4, -0.2) is 18.7 Å². The summed E-state index contributed by atoms with van der Waals surface area (Å²) in [6.07, 6.45) is 0. The standard InChI is InChI=1S/C20H22N2O3/c1-4-25-16-7-5-15(6-8-16)21-13(2)18-12-14-11-17(24-3)9-10-19(14)22-20(18)23/h5-13,21H,4H2,1-3H3,(H,22,23). The van der Waals surface area contributed by atoms with E-state index in [9.17, 15) is 4.79 Å². The number of pyridine rings is 1. The van der Waals surface area contributed by atoms with E-state index in [-0.39, 0.29) is 11.6 Å². The van der Waals surface area contributed by atoms with E-state index in [0.717, 1.165) is 28.1 Å². The molecule has 0 amide bonds. The molecule has 1 heterocycles. The molecule has 0 radical (unpaired) electrons. The Balaban J connectivity index is 1.86. The highest BCUT2D eigenvalue weighted by Crippen LogP contribution is 2.23. The van der Waals surface area contributed by atoms with Crippen LogP contribution in [-0.2, 0) is 0 Å². The summed E-state index contributed by atoms with van der Waals surface area (Å²) in [5.41, 5.74) is 2.31. The number of benzene rings is 2. The molecule has 1 aromatic heterocycles. The molecule has 5 nitrogen and oxygen atoms in total. The normalized spacial score (nSPS) is 12.0. The number of aromatic nitrogens is 1. The second-order valence-corrected chi connectivity index (χ2v) is 5.83. The maximum absolute atomic E-state index is 12.4. The minimum Gasteiger partial charge on any atom is -0.497 e. The van der Waals surface area contributed by atoms with Crippen LogP contribution in [0.4, 0.5) is 5.69 Å². The van der Waals surface area contributed by atoms with Crippen LogP contribution in [0.2, 0.25) is 0 Å². The fraction of sp³-hybridized carbons (Fsp3) is 0.250. The molecule has 5 heteroatoms. The van der Waals surface area contributed by atoms with Crippen LogP contribution in [0.3, 0.4) is 0 Å². The molecule has 0 saturated carbocycles. The summed E-state index contributed by atoms with van der Waals surface area (Å²) >= 11 is 0. The van der Waals surface area contributed by atoms with Crippen molar-refractivity contribution in [2.24, 2.45) is 0 Å². The first-order valence-corrected chi connectivity index (χ1v) is 8.31. The average Bonchev–Trinajstić information content (AvgIpc) is 2.62. The molecule has 25 heavy (non-hydrogen) atoms. The molecule has 0 fully saturated rings. The van der Waals surface area contributed by atoms with Crippen LogP contribution in [0.5, 0.6) is 11.5 Å². The number of ether oxygens (including phenoxy) is 2. The largest absolute Gasteiger partial charge is 0.497 e. The van der Waals surface area contributed by atoms with Crippen molar-refractivity contribution in [2.45, 2.75) is 19.9 Å². The van der Waals surface area contributed by atoms with Gasteiger partial charge in [-0.2, -0.15) is 0 Å². The summed E-state index contributed by atoms with van der Waals surface area (Å²) in [4.78, 5) is 15.3. The van der Waals surface area contributed by atoms with E-state index in [1.807, 2.05) is 62.4 Å². The van der Waals surface area contributed by atoms with E-state index in [1.165, 1.54) is 0 Å². The van der Waals surface area contributed by atoms with Gasteiger partial charge in [0.1, 0.15) is 11.5 Å². The topological polar surface area (TPSA) is 63.4 Å². The lowest BCUT2D eigenvalue weighted by Crippen LogP contribution is -2.19. The zero-order valence-electron chi connectivity index (χ0n) is 14.6. The summed E-state index contributed by atoms with van der Waals surface area (Å²) in [7, 11) is 1.63. The van der Waals surface area contributed by atoms with Crippen LogP contribution < -0.4 is 20.3 Å². The van der Waals surface area contributed by atoms with Crippen molar-refractivity contribution >= 4 is 16.6 Å². The average molecular weight is 338 g/mol. The Morgan fingerprint density at radius 3 is 2.48 bits per heavy atom. The Morgan fingerprint density at radius 1 is 1.08 bits per heavy atom. The quantitative estimate of drug-likeness (QED) is 0.710. The lowest BCUT2D eigenvalue weighted by atomic mass is 10.1. The summed E-state index contributed by atoms with van der Waals surface area (Å²) in [6, 6.07) is 15.1. The second-order valence-electron chi connectivity index (χ2n) is 5.83. The SMILES string of the molecule is CCOc1ccc(NC(C)c2cc3cc(OC)ccc3[nH]c2=O)cc1. The number of nitrogens with one attached hydrogen (secondary N) is 2. The summed E-state index contributed by atoms with van der Waals surface area (Å²) in [6.45, 7) is 4.56. The van der Waals surface area contributed by atoms with Crippen molar-refractivity contribution in [2.75, 3.05) is 19.0 Å². The van der Waals surface area contributed by atoms with Gasteiger partial charge < -0.3 is 19.8 Å². The highest BCUT2D eigenvalue weighted by Gasteiger charge is 2.12. The molecule has 3 aromatic rings. The van der Waals surface area contributed by atoms with Crippen LogP contribution in [0, 0.1) is 0 Å². The Bertz CT molecular complexity index is 916. The van der Waals surface area contributed by atoms with Crippen molar-refractivity contribution in [3.63, 3.8) is 0 Å². The molecule has 0 aliphatic rings. The number of hydrogen-bond acceptors (Lipinski definition) is 4. The number of fused-ring (bicyclic) bond motifs is 1. The molecule has 0 spiro atoms. The molecule has 1 atom stereocenters. The van der Waals surface area contributed by atoms with Gasteiger partial charge in [-0.3, -0.25) is 4.79 Å². The summed E-state index contributed by atoms with van der Waals surface area (Å²) in [5, 5.41) is 4.29. The molecular weight excluding hydrogens is 316 g/mol. The van der Waals surface area contributed by atoms with Crippen molar-refractivity contribution < 1.29 is 9.47 Å². The molecule has 1 unspecified atom stereocenters. The lowest BCUT2D eigenvalue weighted by Gasteiger charge is -2.16. The fourth-order valence-electron chi connectivity index (χ4n) is 2.79. The highest BCUT2D eigenvalue weighted by molar-refractivity contribution is 5.80. The summed E-state index contributed by atoms with van der Waals surface area (Å²) in [5.74, 6) is 1.59. The molecule has 130 valence electrons. The Kier molecular flexibility index (Phi) is 4.93. The maximum atomic E-state index is 12.4. The van der Waals surface area contributed by atoms with Gasteiger partial charge >= 0.3 is 0 Å². The predicted molar refractivity (Wildman–Crippen MR) is 101 cm³/mol. The van der Waals surface area contributed by atoms with Gasteiger partial charge in [-0.1, -0.05) is 0 Å². The first-order valence-electron chi connectivity index (χ1n) is 8.31. The molecular formula is C20H22N2O3. The van der Waals surface area contributed by atoms with E-state index in [0.29, 0.717) is 12.2 Å². The van der Waals surface area contributed by atoms with E-state index >= 15 is 0 Å². The highest BCUT2D eigenvalue weighted by atomic mass is 16.5. The van der Waals surface area contributed by atoms with Crippen molar-refractivity contribution in [3.05, 3.63) is 64.4 Å². The second kappa shape index (κ2) is 7.30. The van der Waals surface area contributed by atoms with E-state index in [4.69, 9.17) is 9.47 Å². The van der Waals surface area contributed by atoms with E-state index in [1.54, 1.807) is 7.11 Å². The third kappa shape index (κ3) is 3.76. The van der Waals surface area contributed by atoms with Crippen LogP contribution in [0.15, 0.2) is 53.3 Å². The first-order chi connectivity index (χ1) is 12.1. The minimum atomic E-state index is -0.141. The smallest absolute Gasteiger partial charge is 0.253 e. The van der Waals surface area contributed by atoms with Crippen molar-refractivity contribution in [1.82, 2.24) is 4.98 Å². The molecule has 0 aliphatic heterocycles. The van der Waals surface area contributed by atoms with Crippen LogP contribution in [0.1, 0.15) is 25.5 Å². The third-order valence-electron chi connectivity index (χ3n) is 4.10. The van der Waals surface area contributed by atoms with Crippen molar-refractivity contribution in [1.29, 1.82) is 0 Å². The number of anilines is 1. The predicted octanol–water partition coefficient (Wildman–Crippen LogP) is 4.11. The minimum absolute atomic E-state index is 0.0939. The molecule has 2 aromatic carbocycles. The monoisotopic (exact) mass is 338 g/mol. The number of methoxy groups -OCH3 is 1. The number of H-pyrrole nitrogens is 1. The van der Waals surface area contributed by atoms with Gasteiger partial charge in [-0.15, -0.1) is 0 Å². The van der Waals surface area contributed by atoms with E-state index in [2.05, 4.69) is 10.3 Å². The van der Waals surface area contributed by atoms with Gasteiger partial charge in [0, 0.05) is 22.2 Å². The van der Waals surface area contributed by atoms with Crippen molar-refractivity contribution in [3.8, 4) is 11.5 Å². The van der Waals surface area contributed by atoms with Gasteiger partial charge in [0.15, 0.2) is 0 Å². The van der Waals surface area contributed by atoms with Gasteiger partial charge in [-0.05, 0) is 62.4 Å². The zero-order valence-corrected chi connectivity index (χ0v) is 14.6. The fourth-order valence-corrected chi connectivity index (χ4v) is 2.79. The van der Waals surface area contributed by atoms with Crippen LogP contribution in [0.25, 0.3) is 10.9 Å². The molecule has 0 saturated heterocycles. The Hall–Kier alpha value is -2.95. The number of hydrogen-bond donors (Lipinski definition) is 2. The van der Waals surface area contributed by atoms with E-state index < -0.39 is 0 Å². The molecule has 0 bridgehead atoms. The Morgan fingerprint density at radius 2 is 1.80 bits per heavy atom. The number of rotatable bonds is 6. The first kappa shape index (κ1) is 16.9. The summed E-state index contributed by atoms with van der Waals surface area (Å²) < 4.78 is 10.7. The maximum Gasteiger partial charge on any atom is 0.253 e. The molecule has 3 rings (SSSR count). The third-order valence-corrected chi connectivity index (χ3v) is 4.10. The van der Waals surface area contributed by atoms with Gasteiger partial charge in [0.2, 0.25) is 0 Å². The number of aromatic amines is 1. The molecule has 2 N–H and O–H groups in total. The van der Waals surface area contributed by atoms with Gasteiger partial charge in [0.25, 0.3) is 5.56 Å². The van der Waals surface area contributed by atoms with Gasteiger partial charge in [0.05, 0.1) is 19.8 Å². The van der Waals surface area contributed by atoms with Crippen LogP contribution >= 0.6 is 0 Å². The van der Waals surface area contributed by atoms with Gasteiger partial charge in [-0.25, -0.2) is 0 Å².